The third-order valence-corrected chi connectivity index (χ3v) is 9.44. The monoisotopic (exact) mass is 514 g/mol. The number of nitrogens with zero attached hydrogens (tertiary/aromatic N) is 3. The Balaban J connectivity index is 1.19. The molecule has 4 atom stereocenters. The molecule has 1 amide bonds. The number of carbonyl (C=O) groups excluding carboxylic acids is 1. The number of hydrogen-bond acceptors (Lipinski definition) is 6. The number of aromatic nitrogens is 2. The summed E-state index contributed by atoms with van der Waals surface area (Å²) in [5.74, 6) is 0.609. The second kappa shape index (κ2) is 9.40. The maximum absolute atomic E-state index is 12.3. The minimum atomic E-state index is -0.0617. The molecule has 1 N–H and O–H groups in total. The lowest BCUT2D eigenvalue weighted by Crippen LogP contribution is -2.40. The van der Waals surface area contributed by atoms with E-state index in [-0.39, 0.29) is 5.91 Å². The minimum absolute atomic E-state index is 0.0617. The molecule has 5 rings (SSSR count). The van der Waals surface area contributed by atoms with E-state index in [0.29, 0.717) is 33.6 Å². The zero-order valence-electron chi connectivity index (χ0n) is 16.9. The number of hydrogen-bond donors (Lipinski definition) is 1. The second-order valence-corrected chi connectivity index (χ2v) is 11.6. The maximum Gasteiger partial charge on any atom is 0.230 e. The Morgan fingerprint density at radius 1 is 1.10 bits per heavy atom. The highest BCUT2D eigenvalue weighted by Gasteiger charge is 2.51. The number of amides is 1. The Bertz CT molecular complexity index is 1030. The zero-order valence-corrected chi connectivity index (χ0v) is 20.1. The van der Waals surface area contributed by atoms with Crippen LogP contribution in [-0.2, 0) is 17.8 Å². The largest absolute Gasteiger partial charge is 0.300 e. The highest BCUT2D eigenvalue weighted by Crippen LogP contribution is 2.49. The fourth-order valence-corrected chi connectivity index (χ4v) is 8.33. The zero-order chi connectivity index (χ0) is 21.2. The first kappa shape index (κ1) is 21.1. The molecule has 5 nitrogen and oxygen atoms in total. The third-order valence-electron chi connectivity index (χ3n) is 5.92. The van der Waals surface area contributed by atoms with Crippen molar-refractivity contribution in [2.24, 2.45) is 5.92 Å². The van der Waals surface area contributed by atoms with Crippen LogP contribution in [0.25, 0.3) is 0 Å². The molecule has 2 aliphatic rings. The fourth-order valence-electron chi connectivity index (χ4n) is 4.57. The molecule has 0 radical (unpaired) electrons. The number of fused-ring (bicyclic) bond motifs is 2. The van der Waals surface area contributed by atoms with Gasteiger partial charge in [-0.05, 0) is 23.5 Å². The topological polar surface area (TPSA) is 58.1 Å². The van der Waals surface area contributed by atoms with E-state index in [1.165, 1.54) is 23.3 Å². The molecule has 2 bridgehead atoms. The first-order valence-electron chi connectivity index (χ1n) is 10.4. The summed E-state index contributed by atoms with van der Waals surface area (Å²) in [7, 11) is 0. The lowest BCUT2D eigenvalue weighted by Gasteiger charge is -2.32. The quantitative estimate of drug-likeness (QED) is 0.360. The number of benzene rings is 2. The van der Waals surface area contributed by atoms with Crippen LogP contribution in [0.4, 0.5) is 5.13 Å². The number of likely N-dealkylation sites (tertiary alicyclic amines) is 1. The number of anilines is 1. The van der Waals surface area contributed by atoms with Crippen LogP contribution in [-0.4, -0.2) is 43.7 Å². The molecule has 160 valence electrons. The van der Waals surface area contributed by atoms with Gasteiger partial charge in [-0.2, -0.15) is 0 Å². The molecular weight excluding hydrogens is 492 g/mol. The third kappa shape index (κ3) is 4.87. The molecular formula is C23H23BrN4OS2. The van der Waals surface area contributed by atoms with Crippen LogP contribution in [0.15, 0.2) is 65.0 Å². The van der Waals surface area contributed by atoms with Crippen molar-refractivity contribution < 1.29 is 4.79 Å². The van der Waals surface area contributed by atoms with Gasteiger partial charge in [-0.3, -0.25) is 9.69 Å². The van der Waals surface area contributed by atoms with Crippen LogP contribution in [0.5, 0.6) is 0 Å². The summed E-state index contributed by atoms with van der Waals surface area (Å²) in [5, 5.41) is 12.5. The number of alkyl halides is 1. The van der Waals surface area contributed by atoms with E-state index in [1.54, 1.807) is 11.8 Å². The van der Waals surface area contributed by atoms with Crippen molar-refractivity contribution in [3.05, 3.63) is 71.8 Å². The Kier molecular flexibility index (Phi) is 6.41. The van der Waals surface area contributed by atoms with Gasteiger partial charge >= 0.3 is 0 Å². The van der Waals surface area contributed by atoms with E-state index in [9.17, 15) is 4.79 Å². The predicted octanol–water partition coefficient (Wildman–Crippen LogP) is 4.85. The lowest BCUT2D eigenvalue weighted by atomic mass is 10.1. The number of halogens is 1. The van der Waals surface area contributed by atoms with Gasteiger partial charge in [0.1, 0.15) is 0 Å². The van der Waals surface area contributed by atoms with Gasteiger partial charge in [0.25, 0.3) is 0 Å². The van der Waals surface area contributed by atoms with Crippen LogP contribution in [0.3, 0.4) is 0 Å². The minimum Gasteiger partial charge on any atom is -0.300 e. The average Bonchev–Trinajstić information content (AvgIpc) is 3.42. The van der Waals surface area contributed by atoms with E-state index < -0.39 is 0 Å². The summed E-state index contributed by atoms with van der Waals surface area (Å²) in [4.78, 5) is 15.4. The van der Waals surface area contributed by atoms with E-state index >= 15 is 0 Å². The van der Waals surface area contributed by atoms with Gasteiger partial charge in [-0.1, -0.05) is 99.7 Å². The highest BCUT2D eigenvalue weighted by molar-refractivity contribution is 9.09. The van der Waals surface area contributed by atoms with Crippen LogP contribution < -0.4 is 5.32 Å². The second-order valence-electron chi connectivity index (χ2n) is 8.09. The standard InChI is InChI=1S/C23H23BrN4OS2/c24-20-17-12-18(21(20)28(14-17)13-16-9-5-2-6-10-16)30-23-27-26-22(31-23)25-19(29)11-15-7-3-1-4-8-15/h1-10,17-18,20-21H,11-14H2,(H,25,26,29)/t17-,18+,20-,21+/m0/s1. The number of piperidine rings is 1. The van der Waals surface area contributed by atoms with Crippen molar-refractivity contribution in [3.63, 3.8) is 0 Å². The van der Waals surface area contributed by atoms with Crippen molar-refractivity contribution in [2.75, 3.05) is 11.9 Å². The number of rotatable bonds is 7. The molecule has 3 aromatic rings. The van der Waals surface area contributed by atoms with Crippen molar-refractivity contribution in [2.45, 2.75) is 39.8 Å². The number of thioether (sulfide) groups is 1. The van der Waals surface area contributed by atoms with Gasteiger partial charge in [0.15, 0.2) is 4.34 Å². The molecule has 1 aliphatic carbocycles. The van der Waals surface area contributed by atoms with Crippen LogP contribution in [0.2, 0.25) is 0 Å². The molecule has 2 fully saturated rings. The average molecular weight is 516 g/mol. The summed E-state index contributed by atoms with van der Waals surface area (Å²) < 4.78 is 0.923. The van der Waals surface area contributed by atoms with E-state index in [0.717, 1.165) is 23.0 Å². The van der Waals surface area contributed by atoms with Crippen molar-refractivity contribution in [3.8, 4) is 0 Å². The van der Waals surface area contributed by atoms with Crippen molar-refractivity contribution >= 4 is 50.1 Å². The van der Waals surface area contributed by atoms with E-state index in [4.69, 9.17) is 0 Å². The molecule has 1 aliphatic heterocycles. The molecule has 2 heterocycles. The van der Waals surface area contributed by atoms with Gasteiger partial charge in [0, 0.05) is 29.2 Å². The molecule has 1 saturated carbocycles. The van der Waals surface area contributed by atoms with Gasteiger partial charge in [0.05, 0.1) is 6.42 Å². The van der Waals surface area contributed by atoms with Crippen LogP contribution >= 0.6 is 39.0 Å². The Labute approximate surface area is 198 Å². The molecule has 1 saturated heterocycles. The van der Waals surface area contributed by atoms with Crippen LogP contribution in [0.1, 0.15) is 17.5 Å². The summed E-state index contributed by atoms with van der Waals surface area (Å²) in [6.45, 7) is 2.13. The first-order valence-corrected chi connectivity index (χ1v) is 13.0. The number of nitrogens with one attached hydrogen (secondary N) is 1. The molecule has 0 spiro atoms. The molecule has 0 unspecified atom stereocenters. The van der Waals surface area contributed by atoms with Gasteiger partial charge in [-0.15, -0.1) is 10.2 Å². The van der Waals surface area contributed by atoms with Crippen molar-refractivity contribution in [1.29, 1.82) is 0 Å². The molecule has 1 aromatic heterocycles. The van der Waals surface area contributed by atoms with Gasteiger partial charge < -0.3 is 5.32 Å². The smallest absolute Gasteiger partial charge is 0.230 e. The summed E-state index contributed by atoms with van der Waals surface area (Å²) in [6.07, 6.45) is 1.53. The molecule has 2 aromatic carbocycles. The Morgan fingerprint density at radius 3 is 2.52 bits per heavy atom. The molecule has 8 heteroatoms. The lowest BCUT2D eigenvalue weighted by molar-refractivity contribution is -0.115. The summed E-state index contributed by atoms with van der Waals surface area (Å²) >= 11 is 7.24. The Hall–Kier alpha value is -1.74. The normalized spacial score (nSPS) is 25.1. The Morgan fingerprint density at radius 2 is 1.81 bits per heavy atom. The van der Waals surface area contributed by atoms with E-state index in [2.05, 4.69) is 66.7 Å². The number of carbonyl (C=O) groups is 1. The first-order chi connectivity index (χ1) is 15.2. The molecule has 31 heavy (non-hydrogen) atoms. The van der Waals surface area contributed by atoms with E-state index in [1.807, 2.05) is 30.3 Å². The van der Waals surface area contributed by atoms with Gasteiger partial charge in [0.2, 0.25) is 11.0 Å². The maximum atomic E-state index is 12.3. The summed E-state index contributed by atoms with van der Waals surface area (Å²) in [6, 6.07) is 20.9. The van der Waals surface area contributed by atoms with Crippen molar-refractivity contribution in [1.82, 2.24) is 15.1 Å². The van der Waals surface area contributed by atoms with Crippen LogP contribution in [0, 0.1) is 5.92 Å². The fraction of sp³-hybridized carbons (Fsp3) is 0.348. The van der Waals surface area contributed by atoms with Gasteiger partial charge in [-0.25, -0.2) is 0 Å². The highest BCUT2D eigenvalue weighted by atomic mass is 79.9. The predicted molar refractivity (Wildman–Crippen MR) is 130 cm³/mol. The SMILES string of the molecule is O=C(Cc1ccccc1)Nc1nnc(S[C@@H]2C[C@H]3CN(Cc4ccccc4)[C@H]2[C@H]3Br)s1. The summed E-state index contributed by atoms with van der Waals surface area (Å²) in [5.41, 5.74) is 2.35.